The number of carbonyl (C=O) groups excluding carboxylic acids is 1. The van der Waals surface area contributed by atoms with Crippen molar-refractivity contribution < 1.29 is 14.3 Å². The first kappa shape index (κ1) is 11.9. The number of benzene rings is 1. The van der Waals surface area contributed by atoms with E-state index in [0.29, 0.717) is 23.7 Å². The van der Waals surface area contributed by atoms with Crippen molar-refractivity contribution in [2.45, 2.75) is 6.92 Å². The minimum atomic E-state index is -0.168. The maximum absolute atomic E-state index is 11.5. The predicted octanol–water partition coefficient (Wildman–Crippen LogP) is 2.52. The molecular weight excluding hydrogens is 216 g/mol. The summed E-state index contributed by atoms with van der Waals surface area (Å²) in [6.07, 6.45) is 0. The second kappa shape index (κ2) is 5.61. The molecule has 0 spiro atoms. The largest absolute Gasteiger partial charge is 0.497 e. The van der Waals surface area contributed by atoms with E-state index in [0.717, 1.165) is 0 Å². The van der Waals surface area contributed by atoms with Crippen molar-refractivity contribution in [3.63, 3.8) is 0 Å². The number of hydrogen-bond donors (Lipinski definition) is 0. The molecular formula is C11H13ClO3. The molecule has 15 heavy (non-hydrogen) atoms. The normalized spacial score (nSPS) is 9.80. The average molecular weight is 229 g/mol. The zero-order valence-corrected chi connectivity index (χ0v) is 9.50. The van der Waals surface area contributed by atoms with E-state index in [4.69, 9.17) is 21.1 Å². The Hall–Kier alpha value is -1.22. The van der Waals surface area contributed by atoms with Gasteiger partial charge in [-0.25, -0.2) is 0 Å². The van der Waals surface area contributed by atoms with Gasteiger partial charge in [-0.1, -0.05) is 0 Å². The van der Waals surface area contributed by atoms with Crippen LogP contribution >= 0.6 is 11.6 Å². The van der Waals surface area contributed by atoms with Crippen molar-refractivity contribution >= 4 is 17.4 Å². The molecule has 1 rings (SSSR count). The van der Waals surface area contributed by atoms with E-state index in [-0.39, 0.29) is 11.7 Å². The summed E-state index contributed by atoms with van der Waals surface area (Å²) < 4.78 is 10.4. The van der Waals surface area contributed by atoms with Gasteiger partial charge in [0.2, 0.25) is 0 Å². The van der Waals surface area contributed by atoms with E-state index in [1.165, 1.54) is 0 Å². The first-order valence-corrected chi connectivity index (χ1v) is 5.16. The van der Waals surface area contributed by atoms with Crippen LogP contribution in [0, 0.1) is 0 Å². The van der Waals surface area contributed by atoms with Crippen LogP contribution in [0.4, 0.5) is 0 Å². The minimum Gasteiger partial charge on any atom is -0.497 e. The van der Waals surface area contributed by atoms with Gasteiger partial charge in [0.25, 0.3) is 0 Å². The number of alkyl halides is 1. The quantitative estimate of drug-likeness (QED) is 0.574. The zero-order chi connectivity index (χ0) is 11.3. The van der Waals surface area contributed by atoms with Gasteiger partial charge >= 0.3 is 0 Å². The molecule has 1 aromatic carbocycles. The van der Waals surface area contributed by atoms with Gasteiger partial charge in [0.05, 0.1) is 25.2 Å². The fourth-order valence-corrected chi connectivity index (χ4v) is 1.35. The highest BCUT2D eigenvalue weighted by Crippen LogP contribution is 2.24. The van der Waals surface area contributed by atoms with Crippen LogP contribution in [0.1, 0.15) is 17.3 Å². The summed E-state index contributed by atoms with van der Waals surface area (Å²) in [7, 11) is 1.55. The Morgan fingerprint density at radius 1 is 1.47 bits per heavy atom. The summed E-state index contributed by atoms with van der Waals surface area (Å²) in [5.74, 6) is 0.933. The van der Waals surface area contributed by atoms with Crippen LogP contribution in [-0.4, -0.2) is 25.4 Å². The monoisotopic (exact) mass is 228 g/mol. The van der Waals surface area contributed by atoms with Crippen molar-refractivity contribution in [1.82, 2.24) is 0 Å². The van der Waals surface area contributed by atoms with Gasteiger partial charge in [-0.05, 0) is 25.1 Å². The topological polar surface area (TPSA) is 35.5 Å². The highest BCUT2D eigenvalue weighted by atomic mass is 35.5. The molecule has 0 amide bonds. The number of ketones is 1. The maximum atomic E-state index is 11.5. The standard InChI is InChI=1S/C11H13ClO3/c1-3-15-11-5-4-8(14-2)6-9(11)10(13)7-12/h4-6H,3,7H2,1-2H3. The molecule has 4 heteroatoms. The lowest BCUT2D eigenvalue weighted by atomic mass is 10.1. The summed E-state index contributed by atoms with van der Waals surface area (Å²) >= 11 is 5.51. The molecule has 0 fully saturated rings. The van der Waals surface area contributed by atoms with E-state index < -0.39 is 0 Å². The highest BCUT2D eigenvalue weighted by Gasteiger charge is 2.12. The van der Waals surface area contributed by atoms with Crippen molar-refractivity contribution in [3.05, 3.63) is 23.8 Å². The van der Waals surface area contributed by atoms with Crippen LogP contribution < -0.4 is 9.47 Å². The number of Topliss-reactive ketones (excluding diaryl/α,β-unsaturated/α-hetero) is 1. The molecule has 0 aliphatic heterocycles. The Morgan fingerprint density at radius 3 is 2.73 bits per heavy atom. The summed E-state index contributed by atoms with van der Waals surface area (Å²) in [4.78, 5) is 11.5. The Balaban J connectivity index is 3.10. The zero-order valence-electron chi connectivity index (χ0n) is 8.75. The van der Waals surface area contributed by atoms with Crippen molar-refractivity contribution in [2.75, 3.05) is 19.6 Å². The van der Waals surface area contributed by atoms with E-state index in [1.807, 2.05) is 6.92 Å². The molecule has 0 aliphatic rings. The van der Waals surface area contributed by atoms with E-state index in [9.17, 15) is 4.79 Å². The minimum absolute atomic E-state index is 0.0623. The van der Waals surface area contributed by atoms with Crippen molar-refractivity contribution in [1.29, 1.82) is 0 Å². The van der Waals surface area contributed by atoms with Gasteiger partial charge in [0, 0.05) is 0 Å². The van der Waals surface area contributed by atoms with Crippen LogP contribution in [0.25, 0.3) is 0 Å². The van der Waals surface area contributed by atoms with E-state index >= 15 is 0 Å². The van der Waals surface area contributed by atoms with Crippen LogP contribution in [0.3, 0.4) is 0 Å². The van der Waals surface area contributed by atoms with Gasteiger partial charge in [-0.3, -0.25) is 4.79 Å². The van der Waals surface area contributed by atoms with Gasteiger partial charge in [0.15, 0.2) is 5.78 Å². The molecule has 0 bridgehead atoms. The number of ether oxygens (including phenoxy) is 2. The van der Waals surface area contributed by atoms with Crippen LogP contribution in [0.5, 0.6) is 11.5 Å². The lowest BCUT2D eigenvalue weighted by Crippen LogP contribution is -2.05. The number of carbonyl (C=O) groups is 1. The van der Waals surface area contributed by atoms with Crippen LogP contribution in [-0.2, 0) is 0 Å². The Kier molecular flexibility index (Phi) is 4.43. The lowest BCUT2D eigenvalue weighted by molar-refractivity contribution is 0.101. The summed E-state index contributed by atoms with van der Waals surface area (Å²) in [6.45, 7) is 2.37. The smallest absolute Gasteiger partial charge is 0.181 e. The van der Waals surface area contributed by atoms with Gasteiger partial charge in [-0.2, -0.15) is 0 Å². The van der Waals surface area contributed by atoms with Gasteiger partial charge in [-0.15, -0.1) is 11.6 Å². The number of hydrogen-bond acceptors (Lipinski definition) is 3. The molecule has 0 N–H and O–H groups in total. The second-order valence-corrected chi connectivity index (χ2v) is 3.12. The first-order chi connectivity index (χ1) is 7.22. The van der Waals surface area contributed by atoms with Crippen molar-refractivity contribution in [2.24, 2.45) is 0 Å². The van der Waals surface area contributed by atoms with Gasteiger partial charge in [0.1, 0.15) is 11.5 Å². The molecule has 0 saturated carbocycles. The summed E-state index contributed by atoms with van der Waals surface area (Å²) in [5, 5.41) is 0. The summed E-state index contributed by atoms with van der Waals surface area (Å²) in [5.41, 5.74) is 0.464. The Morgan fingerprint density at radius 2 is 2.20 bits per heavy atom. The number of halogens is 1. The third-order valence-electron chi connectivity index (χ3n) is 1.91. The van der Waals surface area contributed by atoms with Crippen LogP contribution in [0.2, 0.25) is 0 Å². The third-order valence-corrected chi connectivity index (χ3v) is 2.15. The number of rotatable bonds is 5. The molecule has 0 saturated heterocycles. The molecule has 0 unspecified atom stereocenters. The van der Waals surface area contributed by atoms with E-state index in [1.54, 1.807) is 25.3 Å². The molecule has 3 nitrogen and oxygen atoms in total. The average Bonchev–Trinajstić information content (AvgIpc) is 2.29. The Labute approximate surface area is 93.9 Å². The van der Waals surface area contributed by atoms with Crippen molar-refractivity contribution in [3.8, 4) is 11.5 Å². The molecule has 0 aliphatic carbocycles. The molecule has 0 aromatic heterocycles. The number of methoxy groups -OCH3 is 1. The molecule has 0 radical (unpaired) electrons. The predicted molar refractivity (Wildman–Crippen MR) is 59.2 cm³/mol. The highest BCUT2D eigenvalue weighted by molar-refractivity contribution is 6.30. The lowest BCUT2D eigenvalue weighted by Gasteiger charge is -2.09. The third kappa shape index (κ3) is 2.86. The molecule has 0 atom stereocenters. The van der Waals surface area contributed by atoms with Crippen LogP contribution in [0.15, 0.2) is 18.2 Å². The molecule has 1 aromatic rings. The molecule has 0 heterocycles. The SMILES string of the molecule is CCOc1ccc(OC)cc1C(=O)CCl. The maximum Gasteiger partial charge on any atom is 0.181 e. The Bertz CT molecular complexity index is 350. The van der Waals surface area contributed by atoms with E-state index in [2.05, 4.69) is 0 Å². The van der Waals surface area contributed by atoms with Gasteiger partial charge < -0.3 is 9.47 Å². The fourth-order valence-electron chi connectivity index (χ4n) is 1.21. The summed E-state index contributed by atoms with van der Waals surface area (Å²) in [6, 6.07) is 5.09. The molecule has 82 valence electrons. The fraction of sp³-hybridized carbons (Fsp3) is 0.364. The first-order valence-electron chi connectivity index (χ1n) is 4.63. The second-order valence-electron chi connectivity index (χ2n) is 2.85.